The zero-order chi connectivity index (χ0) is 25.5. The van der Waals surface area contributed by atoms with Crippen molar-refractivity contribution in [3.63, 3.8) is 0 Å². The van der Waals surface area contributed by atoms with E-state index in [1.165, 1.54) is 34.5 Å². The van der Waals surface area contributed by atoms with Crippen molar-refractivity contribution in [1.29, 1.82) is 0 Å². The molecular formula is C21H25NO10S2. The Bertz CT molecular complexity index is 1270. The Morgan fingerprint density at radius 3 is 2.06 bits per heavy atom. The number of carboxylic acids is 1. The van der Waals surface area contributed by atoms with Gasteiger partial charge in [0, 0.05) is 11.5 Å². The van der Waals surface area contributed by atoms with Crippen LogP contribution in [0, 0.1) is 0 Å². The molecule has 0 aliphatic rings. The minimum atomic E-state index is -4.43. The van der Waals surface area contributed by atoms with Gasteiger partial charge in [-0.15, -0.1) is 0 Å². The first kappa shape index (κ1) is 27.0. The van der Waals surface area contributed by atoms with Gasteiger partial charge in [-0.05, 0) is 23.8 Å². The molecule has 0 aliphatic carbocycles. The number of sulfonamides is 1. The van der Waals surface area contributed by atoms with Gasteiger partial charge in [0.2, 0.25) is 10.0 Å². The maximum atomic E-state index is 12.8. The van der Waals surface area contributed by atoms with Gasteiger partial charge in [0.15, 0.2) is 20.5 Å². The summed E-state index contributed by atoms with van der Waals surface area (Å²) >= 11 is 0. The van der Waals surface area contributed by atoms with Crippen LogP contribution in [0.5, 0.6) is 23.0 Å². The summed E-state index contributed by atoms with van der Waals surface area (Å²) in [7, 11) is -3.05. The Hall–Kier alpha value is -3.29. The lowest BCUT2D eigenvalue weighted by molar-refractivity contribution is -0.135. The number of methoxy groups -OCH3 is 4. The van der Waals surface area contributed by atoms with Crippen molar-refractivity contribution in [2.24, 2.45) is 0 Å². The smallest absolute Gasteiger partial charge is 0.318 e. The summed E-state index contributed by atoms with van der Waals surface area (Å²) in [5.74, 6) is -1.55. The van der Waals surface area contributed by atoms with Crippen molar-refractivity contribution in [3.05, 3.63) is 46.9 Å². The van der Waals surface area contributed by atoms with Crippen molar-refractivity contribution in [2.45, 2.75) is 10.6 Å². The number of carboxylic acid groups (broad SMARTS) is 1. The number of rotatable bonds is 12. The summed E-state index contributed by atoms with van der Waals surface area (Å²) in [5, 5.41) is 9.75. The zero-order valence-electron chi connectivity index (χ0n) is 18.9. The highest BCUT2D eigenvalue weighted by molar-refractivity contribution is 7.93. The van der Waals surface area contributed by atoms with Gasteiger partial charge in [-0.1, -0.05) is 12.1 Å². The van der Waals surface area contributed by atoms with Crippen LogP contribution in [0.3, 0.4) is 0 Å². The minimum Gasteiger partial charge on any atom is -0.497 e. The predicted octanol–water partition coefficient (Wildman–Crippen LogP) is 1.67. The second kappa shape index (κ2) is 11.2. The van der Waals surface area contributed by atoms with Crippen LogP contribution >= 0.6 is 0 Å². The van der Waals surface area contributed by atoms with Crippen LogP contribution in [0.1, 0.15) is 11.1 Å². The predicted molar refractivity (Wildman–Crippen MR) is 124 cm³/mol. The SMILES string of the molecule is COc1ccc(CS(=O)(=O)C=Cc2c(OC)cc(OC)c(S(=O)(=O)NCC(=O)O)c2OC)cc1. The monoisotopic (exact) mass is 515 g/mol. The highest BCUT2D eigenvalue weighted by Gasteiger charge is 2.30. The van der Waals surface area contributed by atoms with Gasteiger partial charge in [0.1, 0.15) is 23.8 Å². The van der Waals surface area contributed by atoms with E-state index in [0.29, 0.717) is 11.3 Å². The molecule has 0 radical (unpaired) electrons. The maximum absolute atomic E-state index is 12.8. The average molecular weight is 516 g/mol. The molecule has 2 aromatic carbocycles. The Kier molecular flexibility index (Phi) is 8.90. The fourth-order valence-corrected chi connectivity index (χ4v) is 5.35. The van der Waals surface area contributed by atoms with E-state index in [0.717, 1.165) is 11.5 Å². The summed E-state index contributed by atoms with van der Waals surface area (Å²) in [4.78, 5) is 10.4. The molecule has 11 nitrogen and oxygen atoms in total. The van der Waals surface area contributed by atoms with Crippen molar-refractivity contribution >= 4 is 31.9 Å². The molecule has 0 bridgehead atoms. The standard InChI is InChI=1S/C21H25NO10S2/c1-29-15-7-5-14(6-8-15)13-33(25,26)10-9-16-17(30-2)11-18(31-3)21(20(16)32-4)34(27,28)22-12-19(23)24/h5-11,22H,12-13H2,1-4H3,(H,23,24). The Morgan fingerprint density at radius 1 is 0.941 bits per heavy atom. The summed E-state index contributed by atoms with van der Waals surface area (Å²) in [5.41, 5.74) is 0.514. The third-order valence-electron chi connectivity index (χ3n) is 4.50. The second-order valence-electron chi connectivity index (χ2n) is 6.73. The lowest BCUT2D eigenvalue weighted by atomic mass is 10.1. The summed E-state index contributed by atoms with van der Waals surface area (Å²) in [6, 6.07) is 7.71. The largest absolute Gasteiger partial charge is 0.497 e. The normalized spacial score (nSPS) is 11.9. The molecular weight excluding hydrogens is 490 g/mol. The summed E-state index contributed by atoms with van der Waals surface area (Å²) in [6.45, 7) is -0.887. The fourth-order valence-electron chi connectivity index (χ4n) is 2.95. The molecule has 0 amide bonds. The van der Waals surface area contributed by atoms with Crippen molar-refractivity contribution in [2.75, 3.05) is 35.0 Å². The van der Waals surface area contributed by atoms with Crippen LogP contribution in [-0.2, 0) is 30.4 Å². The minimum absolute atomic E-state index is 0.000180. The quantitative estimate of drug-likeness (QED) is 0.426. The lowest BCUT2D eigenvalue weighted by Gasteiger charge is -2.18. The first-order valence-electron chi connectivity index (χ1n) is 9.56. The highest BCUT2D eigenvalue weighted by atomic mass is 32.2. The van der Waals surface area contributed by atoms with E-state index in [1.807, 2.05) is 4.72 Å². The van der Waals surface area contributed by atoms with Gasteiger partial charge in [-0.3, -0.25) is 4.79 Å². The Labute approximate surface area is 197 Å². The van der Waals surface area contributed by atoms with Gasteiger partial charge < -0.3 is 24.1 Å². The topological polar surface area (TPSA) is 155 Å². The summed E-state index contributed by atoms with van der Waals surface area (Å²) < 4.78 is 73.7. The molecule has 0 saturated carbocycles. The molecule has 0 unspecified atom stereocenters. The number of nitrogens with one attached hydrogen (secondary N) is 1. The number of hydrogen-bond acceptors (Lipinski definition) is 9. The molecule has 13 heteroatoms. The molecule has 0 fully saturated rings. The molecule has 186 valence electrons. The van der Waals surface area contributed by atoms with E-state index >= 15 is 0 Å². The van der Waals surface area contributed by atoms with Crippen molar-refractivity contribution < 1.29 is 45.7 Å². The zero-order valence-corrected chi connectivity index (χ0v) is 20.5. The number of hydrogen-bond donors (Lipinski definition) is 2. The van der Waals surface area contributed by atoms with E-state index < -0.39 is 37.3 Å². The lowest BCUT2D eigenvalue weighted by Crippen LogP contribution is -2.30. The Balaban J connectivity index is 2.56. The molecule has 2 N–H and O–H groups in total. The maximum Gasteiger partial charge on any atom is 0.318 e. The van der Waals surface area contributed by atoms with E-state index in [-0.39, 0.29) is 28.6 Å². The Morgan fingerprint density at radius 2 is 1.56 bits per heavy atom. The summed E-state index contributed by atoms with van der Waals surface area (Å²) in [6.07, 6.45) is 1.15. The first-order chi connectivity index (χ1) is 16.0. The molecule has 34 heavy (non-hydrogen) atoms. The van der Waals surface area contributed by atoms with Gasteiger partial charge in [0.25, 0.3) is 0 Å². The van der Waals surface area contributed by atoms with E-state index in [4.69, 9.17) is 24.1 Å². The van der Waals surface area contributed by atoms with E-state index in [2.05, 4.69) is 0 Å². The molecule has 2 rings (SSSR count). The molecule has 0 heterocycles. The van der Waals surface area contributed by atoms with Crippen molar-refractivity contribution in [1.82, 2.24) is 4.72 Å². The number of benzene rings is 2. The number of sulfone groups is 1. The third kappa shape index (κ3) is 6.62. The average Bonchev–Trinajstić information content (AvgIpc) is 2.80. The second-order valence-corrected chi connectivity index (χ2v) is 10.3. The molecule has 0 saturated heterocycles. The van der Waals surface area contributed by atoms with Crippen LogP contribution < -0.4 is 23.7 Å². The van der Waals surface area contributed by atoms with E-state index in [9.17, 15) is 21.6 Å². The number of carbonyl (C=O) groups is 1. The van der Waals surface area contributed by atoms with Crippen LogP contribution in [0.4, 0.5) is 0 Å². The fraction of sp³-hybridized carbons (Fsp3) is 0.286. The van der Waals surface area contributed by atoms with Crippen molar-refractivity contribution in [3.8, 4) is 23.0 Å². The van der Waals surface area contributed by atoms with Gasteiger partial charge >= 0.3 is 5.97 Å². The van der Waals surface area contributed by atoms with Gasteiger partial charge in [-0.2, -0.15) is 4.72 Å². The molecule has 0 spiro atoms. The first-order valence-corrected chi connectivity index (χ1v) is 12.8. The molecule has 0 atom stereocenters. The highest BCUT2D eigenvalue weighted by Crippen LogP contribution is 2.42. The van der Waals surface area contributed by atoms with Gasteiger partial charge in [0.05, 0.1) is 39.8 Å². The number of ether oxygens (including phenoxy) is 4. The molecule has 2 aromatic rings. The number of aliphatic carboxylic acids is 1. The van der Waals surface area contributed by atoms with Gasteiger partial charge in [-0.25, -0.2) is 16.8 Å². The van der Waals surface area contributed by atoms with Crippen LogP contribution in [0.25, 0.3) is 6.08 Å². The third-order valence-corrected chi connectivity index (χ3v) is 7.23. The van der Waals surface area contributed by atoms with Crippen LogP contribution in [-0.4, -0.2) is 62.9 Å². The molecule has 0 aliphatic heterocycles. The van der Waals surface area contributed by atoms with Crippen LogP contribution in [0.15, 0.2) is 40.6 Å². The molecule has 0 aromatic heterocycles. The van der Waals surface area contributed by atoms with Crippen LogP contribution in [0.2, 0.25) is 0 Å². The van der Waals surface area contributed by atoms with E-state index in [1.54, 1.807) is 24.3 Å².